The van der Waals surface area contributed by atoms with Crippen molar-refractivity contribution in [2.45, 2.75) is 18.1 Å². The molecule has 1 aliphatic heterocycles. The van der Waals surface area contributed by atoms with Gasteiger partial charge in [0.1, 0.15) is 17.6 Å². The zero-order valence-electron chi connectivity index (χ0n) is 12.0. The zero-order valence-corrected chi connectivity index (χ0v) is 15.7. The van der Waals surface area contributed by atoms with E-state index in [1.54, 1.807) is 22.6 Å². The Kier molecular flexibility index (Phi) is 5.22. The minimum Gasteiger partial charge on any atom is -0.474 e. The van der Waals surface area contributed by atoms with Crippen molar-refractivity contribution in [3.63, 3.8) is 0 Å². The number of nitrogens with zero attached hydrogens (tertiary/aromatic N) is 1. The smallest absolute Gasteiger partial charge is 0.408 e. The normalized spacial score (nSPS) is 23.1. The van der Waals surface area contributed by atoms with Crippen LogP contribution in [0.15, 0.2) is 16.6 Å². The van der Waals surface area contributed by atoms with E-state index in [0.29, 0.717) is 9.37 Å². The van der Waals surface area contributed by atoms with Crippen LogP contribution >= 0.6 is 38.5 Å². The van der Waals surface area contributed by atoms with Crippen molar-refractivity contribution in [2.75, 3.05) is 6.54 Å². The fraction of sp³-hybridized carbons (Fsp3) is 0.308. The molecule has 0 radical (unpaired) electrons. The Balaban J connectivity index is 2.46. The fourth-order valence-electron chi connectivity index (χ4n) is 2.45. The summed E-state index contributed by atoms with van der Waals surface area (Å²) in [5, 5.41) is 9.20. The first kappa shape index (κ1) is 18.7. The molecule has 2 rings (SSSR count). The van der Waals surface area contributed by atoms with Crippen molar-refractivity contribution in [3.05, 3.63) is 26.0 Å². The first-order chi connectivity index (χ1) is 11.1. The zero-order chi connectivity index (χ0) is 18.2. The van der Waals surface area contributed by atoms with Crippen molar-refractivity contribution in [3.8, 4) is 5.75 Å². The molecule has 0 bridgehead atoms. The van der Waals surface area contributed by atoms with Crippen LogP contribution in [0.4, 0.5) is 9.18 Å². The number of amides is 3. The first-order valence-corrected chi connectivity index (χ1v) is 8.37. The summed E-state index contributed by atoms with van der Waals surface area (Å²) < 4.78 is 19.9. The standard InChI is InChI=1S/C13H12BrFIN3O5/c14-5-1-6(15)9(16)8(2-5)24-13(11(18)21)3-7(10(17)20)19(4-13)12(22)23/h1-2,7H,3-4H2,(H2,17,20)(H2,18,21)(H,22,23)/t7-,13+/m0/s1. The average molecular weight is 516 g/mol. The van der Waals surface area contributed by atoms with E-state index >= 15 is 0 Å². The molecule has 0 aliphatic carbocycles. The number of likely N-dealkylation sites (tertiary alicyclic amines) is 1. The van der Waals surface area contributed by atoms with Crippen molar-refractivity contribution in [1.29, 1.82) is 0 Å². The van der Waals surface area contributed by atoms with Crippen LogP contribution in [0.3, 0.4) is 0 Å². The van der Waals surface area contributed by atoms with Gasteiger partial charge in [-0.2, -0.15) is 0 Å². The van der Waals surface area contributed by atoms with Crippen molar-refractivity contribution < 1.29 is 28.6 Å². The summed E-state index contributed by atoms with van der Waals surface area (Å²) >= 11 is 4.78. The second-order valence-corrected chi connectivity index (χ2v) is 7.19. The van der Waals surface area contributed by atoms with E-state index < -0.39 is 41.9 Å². The molecular formula is C13H12BrFIN3O5. The number of rotatable bonds is 4. The van der Waals surface area contributed by atoms with Gasteiger partial charge in [-0.25, -0.2) is 9.18 Å². The lowest BCUT2D eigenvalue weighted by Gasteiger charge is -2.27. The molecule has 3 amide bonds. The molecule has 5 N–H and O–H groups in total. The van der Waals surface area contributed by atoms with Gasteiger partial charge in [0, 0.05) is 10.9 Å². The number of primary amides is 2. The van der Waals surface area contributed by atoms with E-state index in [1.807, 2.05) is 0 Å². The van der Waals surface area contributed by atoms with E-state index in [4.69, 9.17) is 16.2 Å². The molecule has 2 atom stereocenters. The topological polar surface area (TPSA) is 136 Å². The van der Waals surface area contributed by atoms with Crippen molar-refractivity contribution >= 4 is 56.4 Å². The second-order valence-electron chi connectivity index (χ2n) is 5.19. The number of hydrogen-bond donors (Lipinski definition) is 3. The number of carboxylic acid groups (broad SMARTS) is 1. The van der Waals surface area contributed by atoms with Crippen LogP contribution in [0.25, 0.3) is 0 Å². The van der Waals surface area contributed by atoms with Gasteiger partial charge in [0.2, 0.25) is 11.5 Å². The molecular weight excluding hydrogens is 504 g/mol. The molecule has 1 heterocycles. The number of hydrogen-bond acceptors (Lipinski definition) is 4. The van der Waals surface area contributed by atoms with Gasteiger partial charge in [0.05, 0.1) is 10.1 Å². The minimum absolute atomic E-state index is 0.00302. The third kappa shape index (κ3) is 3.41. The molecule has 1 aliphatic rings. The van der Waals surface area contributed by atoms with Crippen LogP contribution in [-0.4, -0.2) is 46.1 Å². The Bertz CT molecular complexity index is 710. The highest BCUT2D eigenvalue weighted by Gasteiger charge is 2.54. The van der Waals surface area contributed by atoms with Gasteiger partial charge in [-0.15, -0.1) is 0 Å². The molecule has 1 fully saturated rings. The largest absolute Gasteiger partial charge is 0.474 e. The molecule has 0 unspecified atom stereocenters. The molecule has 0 saturated carbocycles. The average Bonchev–Trinajstić information content (AvgIpc) is 2.86. The Hall–Kier alpha value is -1.63. The summed E-state index contributed by atoms with van der Waals surface area (Å²) in [6, 6.07) is 1.35. The summed E-state index contributed by atoms with van der Waals surface area (Å²) in [6.07, 6.45) is -1.80. The monoisotopic (exact) mass is 515 g/mol. The molecule has 24 heavy (non-hydrogen) atoms. The molecule has 1 saturated heterocycles. The maximum atomic E-state index is 13.8. The minimum atomic E-state index is -1.83. The third-order valence-corrected chi connectivity index (χ3v) is 5.12. The SMILES string of the molecule is NC(=O)[C@@H]1C[C@](Oc2cc(Br)cc(F)c2I)(C(N)=O)CN1C(=O)O. The van der Waals surface area contributed by atoms with Gasteiger partial charge in [-0.1, -0.05) is 15.9 Å². The predicted octanol–water partition coefficient (Wildman–Crippen LogP) is 1.03. The Labute approximate surface area is 157 Å². The lowest BCUT2D eigenvalue weighted by atomic mass is 9.98. The van der Waals surface area contributed by atoms with Gasteiger partial charge in [-0.05, 0) is 34.7 Å². The highest BCUT2D eigenvalue weighted by Crippen LogP contribution is 2.36. The van der Waals surface area contributed by atoms with E-state index in [0.717, 1.165) is 0 Å². The number of carbonyl (C=O) groups is 3. The highest BCUT2D eigenvalue weighted by molar-refractivity contribution is 14.1. The van der Waals surface area contributed by atoms with Gasteiger partial charge < -0.3 is 21.3 Å². The Morgan fingerprint density at radius 2 is 2.04 bits per heavy atom. The van der Waals surface area contributed by atoms with Crippen LogP contribution < -0.4 is 16.2 Å². The number of carbonyl (C=O) groups excluding carboxylic acids is 2. The first-order valence-electron chi connectivity index (χ1n) is 6.50. The van der Waals surface area contributed by atoms with E-state index in [2.05, 4.69) is 15.9 Å². The van der Waals surface area contributed by atoms with Crippen LogP contribution in [-0.2, 0) is 9.59 Å². The van der Waals surface area contributed by atoms with E-state index in [1.165, 1.54) is 12.1 Å². The molecule has 130 valence electrons. The summed E-state index contributed by atoms with van der Waals surface area (Å²) in [7, 11) is 0. The molecule has 11 heteroatoms. The predicted molar refractivity (Wildman–Crippen MR) is 91.7 cm³/mol. The van der Waals surface area contributed by atoms with Gasteiger partial charge in [0.15, 0.2) is 0 Å². The van der Waals surface area contributed by atoms with E-state index in [9.17, 15) is 23.9 Å². The molecule has 0 spiro atoms. The summed E-state index contributed by atoms with van der Waals surface area (Å²) in [5.41, 5.74) is 8.76. The maximum absolute atomic E-state index is 13.8. The summed E-state index contributed by atoms with van der Waals surface area (Å²) in [5.74, 6) is -2.51. The molecule has 1 aromatic carbocycles. The highest BCUT2D eigenvalue weighted by atomic mass is 127. The second kappa shape index (κ2) is 6.70. The van der Waals surface area contributed by atoms with Gasteiger partial charge in [-0.3, -0.25) is 14.5 Å². The quantitative estimate of drug-likeness (QED) is 0.406. The summed E-state index contributed by atoms with van der Waals surface area (Å²) in [6.45, 7) is -0.491. The molecule has 0 aromatic heterocycles. The van der Waals surface area contributed by atoms with Crippen LogP contribution in [0, 0.1) is 9.39 Å². The lowest BCUT2D eigenvalue weighted by molar-refractivity contribution is -0.132. The Morgan fingerprint density at radius 3 is 2.50 bits per heavy atom. The number of ether oxygens (including phenoxy) is 1. The third-order valence-electron chi connectivity index (χ3n) is 3.61. The van der Waals surface area contributed by atoms with Crippen LogP contribution in [0.2, 0.25) is 0 Å². The van der Waals surface area contributed by atoms with Gasteiger partial charge in [0.25, 0.3) is 5.91 Å². The number of halogens is 3. The fourth-order valence-corrected chi connectivity index (χ4v) is 3.28. The van der Waals surface area contributed by atoms with Gasteiger partial charge >= 0.3 is 6.09 Å². The van der Waals surface area contributed by atoms with Crippen LogP contribution in [0.5, 0.6) is 5.75 Å². The number of benzene rings is 1. The lowest BCUT2D eigenvalue weighted by Crippen LogP contribution is -2.51. The maximum Gasteiger partial charge on any atom is 0.408 e. The Morgan fingerprint density at radius 1 is 1.42 bits per heavy atom. The molecule has 1 aromatic rings. The van der Waals surface area contributed by atoms with Crippen LogP contribution in [0.1, 0.15) is 6.42 Å². The summed E-state index contributed by atoms with van der Waals surface area (Å²) in [4.78, 5) is 35.4. The van der Waals surface area contributed by atoms with Crippen molar-refractivity contribution in [2.24, 2.45) is 11.5 Å². The van der Waals surface area contributed by atoms with Crippen molar-refractivity contribution in [1.82, 2.24) is 4.90 Å². The molecule has 8 nitrogen and oxygen atoms in total. The number of nitrogens with two attached hydrogens (primary N) is 2. The van der Waals surface area contributed by atoms with E-state index in [-0.39, 0.29) is 15.7 Å².